The van der Waals surface area contributed by atoms with E-state index in [1.54, 1.807) is 0 Å². The van der Waals surface area contributed by atoms with Gasteiger partial charge < -0.3 is 9.72 Å². The summed E-state index contributed by atoms with van der Waals surface area (Å²) < 4.78 is 5.36. The van der Waals surface area contributed by atoms with Crippen LogP contribution in [0.25, 0.3) is 16.5 Å². The highest BCUT2D eigenvalue weighted by Gasteiger charge is 2.46. The molecule has 0 radical (unpaired) electrons. The fourth-order valence-corrected chi connectivity index (χ4v) is 6.60. The number of Topliss-reactive ketones (excluding diaryl/α,β-unsaturated/α-hetero) is 2. The van der Waals surface area contributed by atoms with Crippen LogP contribution >= 0.6 is 0 Å². The molecule has 0 bridgehead atoms. The molecule has 0 saturated carbocycles. The number of imide groups is 1. The quantitative estimate of drug-likeness (QED) is 0.132. The van der Waals surface area contributed by atoms with Crippen LogP contribution in [0.2, 0.25) is 0 Å². The number of carbonyl (C=O) groups is 5. The van der Waals surface area contributed by atoms with Crippen molar-refractivity contribution in [3.8, 4) is 5.75 Å². The topological polar surface area (TPSA) is 156 Å². The summed E-state index contributed by atoms with van der Waals surface area (Å²) in [5, 5.41) is 0.130. The van der Waals surface area contributed by atoms with Crippen molar-refractivity contribution in [2.24, 2.45) is 0 Å². The van der Waals surface area contributed by atoms with Gasteiger partial charge in [0.2, 0.25) is 0 Å². The van der Waals surface area contributed by atoms with E-state index in [2.05, 4.69) is 15.0 Å². The van der Waals surface area contributed by atoms with Crippen molar-refractivity contribution >= 4 is 51.5 Å². The lowest BCUT2D eigenvalue weighted by molar-refractivity contribution is 0.0733. The van der Waals surface area contributed by atoms with Gasteiger partial charge in [-0.1, -0.05) is 44.2 Å². The molecular weight excluding hydrogens is 636 g/mol. The van der Waals surface area contributed by atoms with E-state index < -0.39 is 40.8 Å². The molecule has 11 heteroatoms. The molecule has 2 aliphatic carbocycles. The molecule has 2 aromatic heterocycles. The SMILES string of the molecule is CC(C)c1ccc(C2=CC=CC2)c(N2C(=O)c3cc4c(cc3C2=O)C(=O)C(c2nc3cc(C(=O)Oc5ccncc5)ccc3c(=O)[nH]2)C4=O)c1. The minimum atomic E-state index is -1.52. The number of allylic oxidation sites excluding steroid dienone is 4. The average Bonchev–Trinajstić information content (AvgIpc) is 3.80. The number of esters is 1. The van der Waals surface area contributed by atoms with Crippen LogP contribution in [0.1, 0.15) is 101 Å². The van der Waals surface area contributed by atoms with Gasteiger partial charge in [-0.15, -0.1) is 0 Å². The van der Waals surface area contributed by atoms with Gasteiger partial charge >= 0.3 is 5.97 Å². The van der Waals surface area contributed by atoms with Crippen molar-refractivity contribution < 1.29 is 28.7 Å². The molecule has 0 unspecified atom stereocenters. The fourth-order valence-electron chi connectivity index (χ4n) is 6.60. The molecule has 0 spiro atoms. The highest BCUT2D eigenvalue weighted by Crippen LogP contribution is 2.41. The highest BCUT2D eigenvalue weighted by atomic mass is 16.5. The number of nitrogens with zero attached hydrogens (tertiary/aromatic N) is 3. The number of rotatable bonds is 6. The molecule has 11 nitrogen and oxygen atoms in total. The van der Waals surface area contributed by atoms with Gasteiger partial charge in [0.05, 0.1) is 33.3 Å². The first kappa shape index (κ1) is 30.7. The molecule has 2 amide bonds. The van der Waals surface area contributed by atoms with Gasteiger partial charge in [0.25, 0.3) is 17.4 Å². The third-order valence-corrected chi connectivity index (χ3v) is 9.22. The highest BCUT2D eigenvalue weighted by molar-refractivity contribution is 6.37. The standard InChI is InChI=1S/C39H26N4O7/c1-19(2)21-7-9-24(20-5-3-4-6-20)31(16-21)43-37(47)28-17-26-27(18-29(28)38(43)48)34(45)32(33(26)44)35-41-30-15-22(8-10-25(30)36(46)42-35)39(49)50-23-11-13-40-14-12-23/h3-5,7-19,32H,6H2,1-2H3,(H,41,42,46). The van der Waals surface area contributed by atoms with Crippen molar-refractivity contribution in [2.45, 2.75) is 32.1 Å². The smallest absolute Gasteiger partial charge is 0.343 e. The summed E-state index contributed by atoms with van der Waals surface area (Å²) in [4.78, 5) is 93.4. The number of aromatic nitrogens is 3. The molecule has 244 valence electrons. The molecule has 5 aromatic rings. The van der Waals surface area contributed by atoms with E-state index >= 15 is 0 Å². The van der Waals surface area contributed by atoms with Gasteiger partial charge in [0, 0.05) is 29.1 Å². The molecule has 50 heavy (non-hydrogen) atoms. The molecular formula is C39H26N4O7. The number of ketones is 2. The zero-order valence-electron chi connectivity index (χ0n) is 26.7. The summed E-state index contributed by atoms with van der Waals surface area (Å²) in [6.07, 6.45) is 9.44. The maximum Gasteiger partial charge on any atom is 0.343 e. The van der Waals surface area contributed by atoms with Crippen molar-refractivity contribution in [3.05, 3.63) is 146 Å². The third kappa shape index (κ3) is 4.81. The summed E-state index contributed by atoms with van der Waals surface area (Å²) in [6, 6.07) is 15.5. The van der Waals surface area contributed by atoms with Crippen molar-refractivity contribution in [1.82, 2.24) is 15.0 Å². The van der Waals surface area contributed by atoms with Gasteiger partial charge in [-0.3, -0.25) is 29.0 Å². The lowest BCUT2D eigenvalue weighted by Crippen LogP contribution is -2.30. The molecule has 0 fully saturated rings. The predicted molar refractivity (Wildman–Crippen MR) is 183 cm³/mol. The van der Waals surface area contributed by atoms with E-state index in [1.807, 2.05) is 50.3 Å². The number of hydrogen-bond acceptors (Lipinski definition) is 9. The van der Waals surface area contributed by atoms with Crippen LogP contribution in [0.4, 0.5) is 5.69 Å². The molecule has 1 aliphatic heterocycles. The molecule has 8 rings (SSSR count). The number of anilines is 1. The van der Waals surface area contributed by atoms with E-state index in [0.717, 1.165) is 21.6 Å². The molecule has 3 heterocycles. The number of aromatic amines is 1. The molecule has 0 saturated heterocycles. The number of hydrogen-bond donors (Lipinski definition) is 1. The largest absolute Gasteiger partial charge is 0.423 e. The number of pyridine rings is 1. The van der Waals surface area contributed by atoms with Gasteiger partial charge in [-0.2, -0.15) is 0 Å². The Morgan fingerprint density at radius 2 is 1.54 bits per heavy atom. The number of carbonyl (C=O) groups excluding carboxylic acids is 5. The zero-order chi connectivity index (χ0) is 34.8. The minimum Gasteiger partial charge on any atom is -0.423 e. The number of amides is 2. The van der Waals surface area contributed by atoms with Gasteiger partial charge in [0.15, 0.2) is 11.6 Å². The van der Waals surface area contributed by atoms with Crippen LogP contribution in [-0.2, 0) is 0 Å². The van der Waals surface area contributed by atoms with Gasteiger partial charge in [0.1, 0.15) is 17.5 Å². The second-order valence-corrected chi connectivity index (χ2v) is 12.6. The second kappa shape index (κ2) is 11.5. The molecule has 1 N–H and O–H groups in total. The van der Waals surface area contributed by atoms with Crippen LogP contribution in [0.15, 0.2) is 96.1 Å². The Balaban J connectivity index is 1.14. The predicted octanol–water partition coefficient (Wildman–Crippen LogP) is 5.97. The Morgan fingerprint density at radius 1 is 0.840 bits per heavy atom. The lowest BCUT2D eigenvalue weighted by Gasteiger charge is -2.21. The number of ether oxygens (including phenoxy) is 1. The summed E-state index contributed by atoms with van der Waals surface area (Å²) >= 11 is 0. The zero-order valence-corrected chi connectivity index (χ0v) is 26.7. The monoisotopic (exact) mass is 662 g/mol. The van der Waals surface area contributed by atoms with E-state index in [9.17, 15) is 28.8 Å². The summed E-state index contributed by atoms with van der Waals surface area (Å²) in [5.41, 5.74) is 2.55. The Kier molecular flexibility index (Phi) is 7.07. The Labute approximate surface area is 283 Å². The first-order valence-electron chi connectivity index (χ1n) is 15.9. The molecule has 3 aromatic carbocycles. The lowest BCUT2D eigenvalue weighted by atomic mass is 9.95. The van der Waals surface area contributed by atoms with Crippen molar-refractivity contribution in [3.63, 3.8) is 0 Å². The Hall–Kier alpha value is -6.62. The first-order chi connectivity index (χ1) is 24.1. The number of H-pyrrole nitrogens is 1. The number of benzene rings is 3. The number of nitrogens with one attached hydrogen (secondary N) is 1. The normalized spacial score (nSPS) is 15.3. The van der Waals surface area contributed by atoms with E-state index in [1.165, 1.54) is 54.9 Å². The Bertz CT molecular complexity index is 2440. The van der Waals surface area contributed by atoms with Crippen LogP contribution in [0.3, 0.4) is 0 Å². The third-order valence-electron chi connectivity index (χ3n) is 9.22. The van der Waals surface area contributed by atoms with Crippen molar-refractivity contribution in [1.29, 1.82) is 0 Å². The number of fused-ring (bicyclic) bond motifs is 3. The van der Waals surface area contributed by atoms with Crippen LogP contribution in [0.5, 0.6) is 5.75 Å². The first-order valence-corrected chi connectivity index (χ1v) is 15.9. The van der Waals surface area contributed by atoms with Crippen LogP contribution < -0.4 is 15.2 Å². The molecule has 3 aliphatic rings. The van der Waals surface area contributed by atoms with Crippen LogP contribution in [-0.4, -0.2) is 44.3 Å². The van der Waals surface area contributed by atoms with E-state index in [0.29, 0.717) is 12.1 Å². The fraction of sp³-hybridized carbons (Fsp3) is 0.128. The van der Waals surface area contributed by atoms with Gasteiger partial charge in [-0.25, -0.2) is 14.7 Å². The minimum absolute atomic E-state index is 0.00675. The van der Waals surface area contributed by atoms with E-state index in [-0.39, 0.29) is 56.2 Å². The maximum absolute atomic E-state index is 14.0. The van der Waals surface area contributed by atoms with E-state index in [4.69, 9.17) is 4.74 Å². The summed E-state index contributed by atoms with van der Waals surface area (Å²) in [5.74, 6) is -4.60. The Morgan fingerprint density at radius 3 is 2.18 bits per heavy atom. The van der Waals surface area contributed by atoms with Crippen molar-refractivity contribution in [2.75, 3.05) is 4.90 Å². The second-order valence-electron chi connectivity index (χ2n) is 12.6. The maximum atomic E-state index is 14.0. The van der Waals surface area contributed by atoms with Gasteiger partial charge in [-0.05, 0) is 72.0 Å². The summed E-state index contributed by atoms with van der Waals surface area (Å²) in [7, 11) is 0. The average molecular weight is 663 g/mol. The molecule has 0 atom stereocenters. The van der Waals surface area contributed by atoms with Crippen LogP contribution in [0, 0.1) is 0 Å². The summed E-state index contributed by atoms with van der Waals surface area (Å²) in [6.45, 7) is 4.04.